The maximum Gasteiger partial charge on any atom is 0.0431 e. The third-order valence-electron chi connectivity index (χ3n) is 2.74. The first-order chi connectivity index (χ1) is 6.72. The molecule has 2 heteroatoms. The summed E-state index contributed by atoms with van der Waals surface area (Å²) in [4.78, 5) is 0. The van der Waals surface area contributed by atoms with E-state index in [-0.39, 0.29) is 0 Å². The normalized spacial score (nSPS) is 13.5. The van der Waals surface area contributed by atoms with Gasteiger partial charge < -0.3 is 10.4 Å². The van der Waals surface area contributed by atoms with Gasteiger partial charge in [0.1, 0.15) is 0 Å². The zero-order valence-corrected chi connectivity index (χ0v) is 10.1. The Hall–Kier alpha value is -0.0800. The fourth-order valence-electron chi connectivity index (χ4n) is 1.73. The van der Waals surface area contributed by atoms with Gasteiger partial charge in [-0.25, -0.2) is 0 Å². The first-order valence-electron chi connectivity index (χ1n) is 6.06. The summed E-state index contributed by atoms with van der Waals surface area (Å²) in [6.07, 6.45) is 5.82. The van der Waals surface area contributed by atoms with Crippen molar-refractivity contribution in [1.29, 1.82) is 0 Å². The molecule has 0 spiro atoms. The monoisotopic (exact) mass is 201 g/mol. The molecule has 0 saturated heterocycles. The van der Waals surface area contributed by atoms with Crippen molar-refractivity contribution in [3.63, 3.8) is 0 Å². The maximum absolute atomic E-state index is 8.61. The molecular weight excluding hydrogens is 174 g/mol. The van der Waals surface area contributed by atoms with Crippen LogP contribution in [-0.2, 0) is 0 Å². The van der Waals surface area contributed by atoms with Crippen LogP contribution in [0.15, 0.2) is 0 Å². The zero-order valence-electron chi connectivity index (χ0n) is 10.1. The lowest BCUT2D eigenvalue weighted by Gasteiger charge is -2.20. The average Bonchev–Trinajstić information content (AvgIpc) is 2.16. The molecule has 0 amide bonds. The third kappa shape index (κ3) is 7.34. The molecule has 0 aliphatic heterocycles. The van der Waals surface area contributed by atoms with Crippen molar-refractivity contribution in [1.82, 2.24) is 5.32 Å². The predicted octanol–water partition coefficient (Wildman–Crippen LogP) is 2.56. The minimum atomic E-state index is 0.344. The van der Waals surface area contributed by atoms with Gasteiger partial charge in [0.2, 0.25) is 0 Å². The van der Waals surface area contributed by atoms with Crippen LogP contribution >= 0.6 is 0 Å². The number of rotatable bonds is 9. The second kappa shape index (κ2) is 9.47. The van der Waals surface area contributed by atoms with E-state index in [1.54, 1.807) is 0 Å². The summed E-state index contributed by atoms with van der Waals surface area (Å²) in [5, 5.41) is 12.2. The van der Waals surface area contributed by atoms with E-state index in [9.17, 15) is 0 Å². The van der Waals surface area contributed by atoms with Crippen molar-refractivity contribution < 1.29 is 5.11 Å². The number of aliphatic hydroxyl groups excluding tert-OH is 1. The molecule has 0 aromatic carbocycles. The van der Waals surface area contributed by atoms with Crippen molar-refractivity contribution in [3.8, 4) is 0 Å². The molecule has 0 bridgehead atoms. The van der Waals surface area contributed by atoms with E-state index >= 15 is 0 Å². The molecule has 0 rings (SSSR count). The van der Waals surface area contributed by atoms with Crippen molar-refractivity contribution in [2.24, 2.45) is 5.92 Å². The van der Waals surface area contributed by atoms with E-state index in [1.165, 1.54) is 19.3 Å². The van der Waals surface area contributed by atoms with Gasteiger partial charge in [0.05, 0.1) is 0 Å². The van der Waals surface area contributed by atoms with Gasteiger partial charge in [0.15, 0.2) is 0 Å². The lowest BCUT2D eigenvalue weighted by Crippen LogP contribution is -2.33. The van der Waals surface area contributed by atoms with Crippen LogP contribution in [0.25, 0.3) is 0 Å². The minimum absolute atomic E-state index is 0.344. The average molecular weight is 201 g/mol. The van der Waals surface area contributed by atoms with Crippen LogP contribution in [0.1, 0.15) is 52.9 Å². The van der Waals surface area contributed by atoms with Gasteiger partial charge in [-0.3, -0.25) is 0 Å². The van der Waals surface area contributed by atoms with Crippen LogP contribution in [0.3, 0.4) is 0 Å². The number of nitrogens with one attached hydrogen (secondary N) is 1. The summed E-state index contributed by atoms with van der Waals surface area (Å²) in [5.74, 6) is 0.734. The van der Waals surface area contributed by atoms with Gasteiger partial charge >= 0.3 is 0 Å². The molecule has 0 fully saturated rings. The van der Waals surface area contributed by atoms with Crippen molar-refractivity contribution >= 4 is 0 Å². The van der Waals surface area contributed by atoms with Gasteiger partial charge in [-0.1, -0.05) is 33.6 Å². The van der Waals surface area contributed by atoms with Gasteiger partial charge in [0, 0.05) is 12.6 Å². The Morgan fingerprint density at radius 3 is 2.21 bits per heavy atom. The summed E-state index contributed by atoms with van der Waals surface area (Å²) in [5.41, 5.74) is 0. The quantitative estimate of drug-likeness (QED) is 0.562. The molecular formula is C12H27NO. The lowest BCUT2D eigenvalue weighted by molar-refractivity contribution is 0.282. The summed E-state index contributed by atoms with van der Waals surface area (Å²) in [6.45, 7) is 8.25. The van der Waals surface area contributed by atoms with Crippen LogP contribution in [0, 0.1) is 5.92 Å². The molecule has 14 heavy (non-hydrogen) atoms. The molecule has 0 heterocycles. The first-order valence-corrected chi connectivity index (χ1v) is 6.06. The van der Waals surface area contributed by atoms with Crippen molar-refractivity contribution in [2.75, 3.05) is 13.2 Å². The standard InChI is InChI=1S/C12H27NO/c1-4-12(11(2)3)13-9-7-5-6-8-10-14/h11-14H,4-10H2,1-3H3. The zero-order chi connectivity index (χ0) is 10.8. The minimum Gasteiger partial charge on any atom is -0.396 e. The Bertz CT molecular complexity index is 115. The number of aliphatic hydroxyl groups is 1. The lowest BCUT2D eigenvalue weighted by atomic mass is 10.0. The topological polar surface area (TPSA) is 32.3 Å². The number of hydrogen-bond acceptors (Lipinski definition) is 2. The number of hydrogen-bond donors (Lipinski definition) is 2. The Labute approximate surface area is 89.1 Å². The largest absolute Gasteiger partial charge is 0.396 e. The van der Waals surface area contributed by atoms with Crippen LogP contribution < -0.4 is 5.32 Å². The van der Waals surface area contributed by atoms with Crippen LogP contribution in [-0.4, -0.2) is 24.3 Å². The smallest absolute Gasteiger partial charge is 0.0431 e. The van der Waals surface area contributed by atoms with Crippen molar-refractivity contribution in [3.05, 3.63) is 0 Å². The summed E-state index contributed by atoms with van der Waals surface area (Å²) < 4.78 is 0. The molecule has 2 N–H and O–H groups in total. The number of unbranched alkanes of at least 4 members (excludes halogenated alkanes) is 3. The highest BCUT2D eigenvalue weighted by Crippen LogP contribution is 2.05. The summed E-state index contributed by atoms with van der Waals surface area (Å²) in [6, 6.07) is 0.674. The molecule has 1 unspecified atom stereocenters. The fraction of sp³-hybridized carbons (Fsp3) is 1.00. The molecule has 2 nitrogen and oxygen atoms in total. The highest BCUT2D eigenvalue weighted by atomic mass is 16.2. The van der Waals surface area contributed by atoms with E-state index in [1.807, 2.05) is 0 Å². The molecule has 0 aliphatic rings. The maximum atomic E-state index is 8.61. The predicted molar refractivity (Wildman–Crippen MR) is 62.5 cm³/mol. The van der Waals surface area contributed by atoms with E-state index < -0.39 is 0 Å². The van der Waals surface area contributed by atoms with E-state index in [0.717, 1.165) is 25.3 Å². The van der Waals surface area contributed by atoms with Gasteiger partial charge in [-0.05, 0) is 31.7 Å². The second-order valence-corrected chi connectivity index (χ2v) is 4.35. The Morgan fingerprint density at radius 2 is 1.71 bits per heavy atom. The highest BCUT2D eigenvalue weighted by Gasteiger charge is 2.08. The molecule has 1 atom stereocenters. The van der Waals surface area contributed by atoms with E-state index in [0.29, 0.717) is 12.6 Å². The second-order valence-electron chi connectivity index (χ2n) is 4.35. The SMILES string of the molecule is CCC(NCCCCCCO)C(C)C. The van der Waals surface area contributed by atoms with E-state index in [2.05, 4.69) is 26.1 Å². The van der Waals surface area contributed by atoms with Crippen LogP contribution in [0.2, 0.25) is 0 Å². The molecule has 0 aromatic rings. The Kier molecular flexibility index (Phi) is 9.42. The summed E-state index contributed by atoms with van der Waals surface area (Å²) in [7, 11) is 0. The molecule has 0 saturated carbocycles. The summed E-state index contributed by atoms with van der Waals surface area (Å²) >= 11 is 0. The molecule has 0 aliphatic carbocycles. The Morgan fingerprint density at radius 1 is 1.07 bits per heavy atom. The van der Waals surface area contributed by atoms with Gasteiger partial charge in [-0.15, -0.1) is 0 Å². The van der Waals surface area contributed by atoms with Crippen LogP contribution in [0.4, 0.5) is 0 Å². The molecule has 0 radical (unpaired) electrons. The third-order valence-corrected chi connectivity index (χ3v) is 2.74. The fourth-order valence-corrected chi connectivity index (χ4v) is 1.73. The van der Waals surface area contributed by atoms with Gasteiger partial charge in [0.25, 0.3) is 0 Å². The van der Waals surface area contributed by atoms with E-state index in [4.69, 9.17) is 5.11 Å². The van der Waals surface area contributed by atoms with Crippen molar-refractivity contribution in [2.45, 2.75) is 58.9 Å². The molecule has 86 valence electrons. The van der Waals surface area contributed by atoms with Crippen LogP contribution in [0.5, 0.6) is 0 Å². The highest BCUT2D eigenvalue weighted by molar-refractivity contribution is 4.67. The first kappa shape index (κ1) is 13.9. The Balaban J connectivity index is 3.25. The van der Waals surface area contributed by atoms with Gasteiger partial charge in [-0.2, -0.15) is 0 Å². The molecule has 0 aromatic heterocycles.